The topological polar surface area (TPSA) is 134 Å². The molecule has 1 aliphatic rings. The SMILES string of the molecule is N#Cc1c(C(=O)NC2CCC(N)CC2)n(Cc2cccc3ccccc23)c2cc(C(=N)N)ccc12. The van der Waals surface area contributed by atoms with Crippen molar-refractivity contribution >= 4 is 33.4 Å². The van der Waals surface area contributed by atoms with Crippen LogP contribution in [-0.4, -0.2) is 28.4 Å². The Morgan fingerprint density at radius 3 is 2.54 bits per heavy atom. The second kappa shape index (κ2) is 9.24. The number of nitrogen functional groups attached to an aromatic ring is 1. The van der Waals surface area contributed by atoms with Gasteiger partial charge in [0.15, 0.2) is 0 Å². The lowest BCUT2D eigenvalue weighted by Crippen LogP contribution is -2.41. The minimum absolute atomic E-state index is 0.0330. The lowest BCUT2D eigenvalue weighted by atomic mass is 9.91. The average Bonchev–Trinajstić information content (AvgIpc) is 3.18. The molecule has 6 N–H and O–H groups in total. The summed E-state index contributed by atoms with van der Waals surface area (Å²) in [6.07, 6.45) is 3.40. The van der Waals surface area contributed by atoms with Crippen LogP contribution in [0.3, 0.4) is 0 Å². The fraction of sp³-hybridized carbons (Fsp3) is 0.250. The van der Waals surface area contributed by atoms with Crippen molar-refractivity contribution in [2.24, 2.45) is 11.5 Å². The molecule has 3 aromatic carbocycles. The summed E-state index contributed by atoms with van der Waals surface area (Å²) in [4.78, 5) is 13.7. The third-order valence-corrected chi connectivity index (χ3v) is 7.02. The molecule has 0 saturated heterocycles. The molecule has 1 saturated carbocycles. The molecule has 1 amide bonds. The van der Waals surface area contributed by atoms with Gasteiger partial charge in [-0.05, 0) is 48.1 Å². The highest BCUT2D eigenvalue weighted by Crippen LogP contribution is 2.30. The van der Waals surface area contributed by atoms with E-state index in [1.54, 1.807) is 18.2 Å². The van der Waals surface area contributed by atoms with Crippen LogP contribution in [0.25, 0.3) is 21.7 Å². The molecule has 0 unspecified atom stereocenters. The van der Waals surface area contributed by atoms with Crippen molar-refractivity contribution in [1.29, 1.82) is 10.7 Å². The first-order valence-electron chi connectivity index (χ1n) is 11.9. The van der Waals surface area contributed by atoms with E-state index in [-0.39, 0.29) is 23.8 Å². The first-order valence-corrected chi connectivity index (χ1v) is 11.9. The van der Waals surface area contributed by atoms with Crippen LogP contribution >= 0.6 is 0 Å². The van der Waals surface area contributed by atoms with Crippen LogP contribution in [0.2, 0.25) is 0 Å². The van der Waals surface area contributed by atoms with E-state index < -0.39 is 0 Å². The van der Waals surface area contributed by atoms with E-state index in [0.29, 0.717) is 34.3 Å². The molecule has 0 spiro atoms. The molecule has 176 valence electrons. The lowest BCUT2D eigenvalue weighted by Gasteiger charge is -2.27. The monoisotopic (exact) mass is 464 g/mol. The Labute approximate surface area is 203 Å². The predicted octanol–water partition coefficient (Wildman–Crippen LogP) is 4.00. The van der Waals surface area contributed by atoms with E-state index in [1.807, 2.05) is 28.8 Å². The number of amides is 1. The van der Waals surface area contributed by atoms with Gasteiger partial charge in [0, 0.05) is 29.6 Å². The van der Waals surface area contributed by atoms with Crippen LogP contribution in [-0.2, 0) is 6.54 Å². The number of nitrogens with zero attached hydrogens (tertiary/aromatic N) is 2. The standard InChI is InChI=1S/C28H28N6O/c29-15-24-23-13-8-18(27(31)32)14-25(23)34(16-19-6-3-5-17-4-1-2-7-22(17)19)26(24)28(35)33-21-11-9-20(30)10-12-21/h1-8,13-14,20-21H,9-12,16,30H2,(H3,31,32)(H,33,35). The maximum atomic E-state index is 13.7. The number of nitrogens with one attached hydrogen (secondary N) is 2. The van der Waals surface area contributed by atoms with E-state index in [0.717, 1.165) is 42.0 Å². The van der Waals surface area contributed by atoms with Gasteiger partial charge in [0.1, 0.15) is 17.6 Å². The number of hydrogen-bond acceptors (Lipinski definition) is 4. The number of hydrogen-bond donors (Lipinski definition) is 4. The van der Waals surface area contributed by atoms with Crippen molar-refractivity contribution < 1.29 is 4.79 Å². The van der Waals surface area contributed by atoms with E-state index in [1.165, 1.54) is 0 Å². The molecular formula is C28H28N6O. The molecule has 0 atom stereocenters. The Morgan fingerprint density at radius 1 is 1.06 bits per heavy atom. The van der Waals surface area contributed by atoms with Gasteiger partial charge >= 0.3 is 0 Å². The average molecular weight is 465 g/mol. The van der Waals surface area contributed by atoms with Gasteiger partial charge in [0.25, 0.3) is 5.91 Å². The molecule has 0 aliphatic heterocycles. The van der Waals surface area contributed by atoms with Crippen LogP contribution in [0, 0.1) is 16.7 Å². The number of amidine groups is 1. The summed E-state index contributed by atoms with van der Waals surface area (Å²) in [6.45, 7) is 0.402. The summed E-state index contributed by atoms with van der Waals surface area (Å²) in [5.74, 6) is -0.323. The maximum Gasteiger partial charge on any atom is 0.269 e. The molecule has 5 rings (SSSR count). The molecule has 0 bridgehead atoms. The number of nitriles is 1. The lowest BCUT2D eigenvalue weighted by molar-refractivity contribution is 0.0917. The Morgan fingerprint density at radius 2 is 1.80 bits per heavy atom. The highest BCUT2D eigenvalue weighted by molar-refractivity contribution is 6.06. The highest BCUT2D eigenvalue weighted by atomic mass is 16.2. The molecule has 1 heterocycles. The second-order valence-corrected chi connectivity index (χ2v) is 9.29. The fourth-order valence-electron chi connectivity index (χ4n) is 5.15. The molecule has 0 radical (unpaired) electrons. The van der Waals surface area contributed by atoms with Crippen molar-refractivity contribution in [3.8, 4) is 6.07 Å². The number of rotatable bonds is 5. The van der Waals surface area contributed by atoms with Gasteiger partial charge < -0.3 is 21.4 Å². The van der Waals surface area contributed by atoms with Gasteiger partial charge in [0.2, 0.25) is 0 Å². The summed E-state index contributed by atoms with van der Waals surface area (Å²) in [5, 5.41) is 24.0. The van der Waals surface area contributed by atoms with Gasteiger partial charge in [-0.3, -0.25) is 10.2 Å². The summed E-state index contributed by atoms with van der Waals surface area (Å²) in [5.41, 5.74) is 14.8. The van der Waals surface area contributed by atoms with Crippen LogP contribution in [0.1, 0.15) is 52.9 Å². The number of fused-ring (bicyclic) bond motifs is 2. The predicted molar refractivity (Wildman–Crippen MR) is 138 cm³/mol. The van der Waals surface area contributed by atoms with Crippen molar-refractivity contribution in [1.82, 2.24) is 9.88 Å². The van der Waals surface area contributed by atoms with Crippen LogP contribution in [0.4, 0.5) is 0 Å². The number of benzene rings is 3. The molecule has 1 fully saturated rings. The molecule has 4 aromatic rings. The zero-order valence-corrected chi connectivity index (χ0v) is 19.4. The number of carbonyl (C=O) groups is 1. The first-order chi connectivity index (χ1) is 17.0. The zero-order valence-electron chi connectivity index (χ0n) is 19.4. The van der Waals surface area contributed by atoms with Crippen LogP contribution < -0.4 is 16.8 Å². The zero-order chi connectivity index (χ0) is 24.5. The Bertz CT molecular complexity index is 1480. The second-order valence-electron chi connectivity index (χ2n) is 9.29. The molecule has 1 aliphatic carbocycles. The molecular weight excluding hydrogens is 436 g/mol. The van der Waals surface area contributed by atoms with Crippen LogP contribution in [0.5, 0.6) is 0 Å². The molecule has 35 heavy (non-hydrogen) atoms. The number of carbonyl (C=O) groups excluding carboxylic acids is 1. The first kappa shape index (κ1) is 22.6. The van der Waals surface area contributed by atoms with Crippen molar-refractivity contribution in [2.75, 3.05) is 0 Å². The molecule has 7 nitrogen and oxygen atoms in total. The Kier molecular flexibility index (Phi) is 5.98. The van der Waals surface area contributed by atoms with Gasteiger partial charge in [-0.15, -0.1) is 0 Å². The third kappa shape index (κ3) is 4.25. The Balaban J connectivity index is 1.66. The summed E-state index contributed by atoms with van der Waals surface area (Å²) in [6, 6.07) is 22.0. The summed E-state index contributed by atoms with van der Waals surface area (Å²) in [7, 11) is 0. The van der Waals surface area contributed by atoms with E-state index in [4.69, 9.17) is 16.9 Å². The van der Waals surface area contributed by atoms with E-state index in [9.17, 15) is 10.1 Å². The molecule has 7 heteroatoms. The van der Waals surface area contributed by atoms with Crippen molar-refractivity contribution in [3.05, 3.63) is 83.0 Å². The van der Waals surface area contributed by atoms with Gasteiger partial charge in [0.05, 0.1) is 11.1 Å². The number of nitrogens with two attached hydrogens (primary N) is 2. The molecule has 1 aromatic heterocycles. The summed E-state index contributed by atoms with van der Waals surface area (Å²) < 4.78 is 1.89. The van der Waals surface area contributed by atoms with E-state index in [2.05, 4.69) is 29.6 Å². The largest absolute Gasteiger partial charge is 0.384 e. The normalized spacial score (nSPS) is 17.8. The minimum atomic E-state index is -0.261. The van der Waals surface area contributed by atoms with E-state index >= 15 is 0 Å². The Hall–Kier alpha value is -4.15. The quantitative estimate of drug-likeness (QED) is 0.262. The van der Waals surface area contributed by atoms with Crippen molar-refractivity contribution in [2.45, 2.75) is 44.3 Å². The van der Waals surface area contributed by atoms with Crippen molar-refractivity contribution in [3.63, 3.8) is 0 Å². The summed E-state index contributed by atoms with van der Waals surface area (Å²) >= 11 is 0. The third-order valence-electron chi connectivity index (χ3n) is 7.02. The van der Waals surface area contributed by atoms with Gasteiger partial charge in [-0.25, -0.2) is 0 Å². The maximum absolute atomic E-state index is 13.7. The van der Waals surface area contributed by atoms with Crippen LogP contribution in [0.15, 0.2) is 60.7 Å². The number of aromatic nitrogens is 1. The van der Waals surface area contributed by atoms with Gasteiger partial charge in [-0.2, -0.15) is 5.26 Å². The fourth-order valence-corrected chi connectivity index (χ4v) is 5.15. The smallest absolute Gasteiger partial charge is 0.269 e. The van der Waals surface area contributed by atoms with Gasteiger partial charge in [-0.1, -0.05) is 54.6 Å². The minimum Gasteiger partial charge on any atom is -0.384 e. The highest BCUT2D eigenvalue weighted by Gasteiger charge is 2.27.